The summed E-state index contributed by atoms with van der Waals surface area (Å²) in [6, 6.07) is 0. The number of hydrogen-bond donors (Lipinski definition) is 1. The van der Waals surface area contributed by atoms with Crippen LogP contribution in [0.15, 0.2) is 0 Å². The first-order chi connectivity index (χ1) is 7.09. The van der Waals surface area contributed by atoms with Crippen molar-refractivity contribution in [3.8, 4) is 0 Å². The van der Waals surface area contributed by atoms with Gasteiger partial charge in [-0.15, -0.1) is 0 Å². The van der Waals surface area contributed by atoms with E-state index in [0.29, 0.717) is 12.3 Å². The number of carboxylic acids is 1. The number of hydrogen-bond acceptors (Lipinski definition) is 3. The number of likely N-dealkylation sites (N-methyl/N-ethyl adjacent to an activating group) is 1. The molecule has 1 unspecified atom stereocenters. The normalized spacial score (nSPS) is 20.2. The summed E-state index contributed by atoms with van der Waals surface area (Å²) < 4.78 is 5.20. The molecule has 0 bridgehead atoms. The molecule has 1 aliphatic heterocycles. The van der Waals surface area contributed by atoms with E-state index >= 15 is 0 Å². The highest BCUT2D eigenvalue weighted by Gasteiger charge is 2.18. The third-order valence-electron chi connectivity index (χ3n) is 2.59. The van der Waals surface area contributed by atoms with Gasteiger partial charge in [-0.05, 0) is 18.8 Å². The lowest BCUT2D eigenvalue weighted by Gasteiger charge is -2.15. The molecular formula is C10H17NO4. The van der Waals surface area contributed by atoms with Crippen molar-refractivity contribution in [3.63, 3.8) is 0 Å². The van der Waals surface area contributed by atoms with E-state index in [2.05, 4.69) is 0 Å². The minimum absolute atomic E-state index is 0.107. The minimum atomic E-state index is -0.977. The Kier molecular flexibility index (Phi) is 4.55. The largest absolute Gasteiger partial charge is 0.480 e. The topological polar surface area (TPSA) is 66.8 Å². The van der Waals surface area contributed by atoms with Gasteiger partial charge in [-0.2, -0.15) is 0 Å². The smallest absolute Gasteiger partial charge is 0.323 e. The van der Waals surface area contributed by atoms with Crippen LogP contribution in [0.25, 0.3) is 0 Å². The highest BCUT2D eigenvalue weighted by Crippen LogP contribution is 2.18. The van der Waals surface area contributed by atoms with Crippen LogP contribution in [0.2, 0.25) is 0 Å². The second-order valence-electron chi connectivity index (χ2n) is 3.91. The molecule has 0 saturated carbocycles. The Hall–Kier alpha value is -1.10. The van der Waals surface area contributed by atoms with Crippen LogP contribution >= 0.6 is 0 Å². The van der Waals surface area contributed by atoms with E-state index in [9.17, 15) is 9.59 Å². The molecule has 0 radical (unpaired) electrons. The first-order valence-electron chi connectivity index (χ1n) is 5.13. The molecule has 1 fully saturated rings. The summed E-state index contributed by atoms with van der Waals surface area (Å²) in [6.07, 6.45) is 2.22. The molecule has 5 nitrogen and oxygen atoms in total. The van der Waals surface area contributed by atoms with Crippen molar-refractivity contribution in [3.05, 3.63) is 0 Å². The summed E-state index contributed by atoms with van der Waals surface area (Å²) in [5, 5.41) is 8.50. The number of amides is 1. The van der Waals surface area contributed by atoms with Crippen LogP contribution in [0.5, 0.6) is 0 Å². The van der Waals surface area contributed by atoms with Gasteiger partial charge < -0.3 is 14.7 Å². The predicted octanol–water partition coefficient (Wildman–Crippen LogP) is 0.346. The van der Waals surface area contributed by atoms with E-state index in [0.717, 1.165) is 26.1 Å². The minimum Gasteiger partial charge on any atom is -0.480 e. The number of carbonyl (C=O) groups excluding carboxylic acids is 1. The van der Waals surface area contributed by atoms with Crippen LogP contribution < -0.4 is 0 Å². The lowest BCUT2D eigenvalue weighted by molar-refractivity contribution is -0.143. The standard InChI is InChI=1S/C10H17NO4/c1-11(6-10(13)14)9(12)3-2-8-4-5-15-7-8/h8H,2-7H2,1H3,(H,13,14). The zero-order chi connectivity index (χ0) is 11.3. The Morgan fingerprint density at radius 3 is 2.80 bits per heavy atom. The van der Waals surface area contributed by atoms with Crippen LogP contribution in [0.4, 0.5) is 0 Å². The molecule has 1 aliphatic rings. The Labute approximate surface area is 89.0 Å². The summed E-state index contributed by atoms with van der Waals surface area (Å²) in [4.78, 5) is 23.1. The number of ether oxygens (including phenoxy) is 1. The molecule has 0 aromatic rings. The lowest BCUT2D eigenvalue weighted by atomic mass is 10.0. The summed E-state index contributed by atoms with van der Waals surface area (Å²) >= 11 is 0. The summed E-state index contributed by atoms with van der Waals surface area (Å²) in [7, 11) is 1.52. The van der Waals surface area contributed by atoms with Crippen molar-refractivity contribution in [2.45, 2.75) is 19.3 Å². The van der Waals surface area contributed by atoms with Gasteiger partial charge in [0.05, 0.1) is 0 Å². The summed E-state index contributed by atoms with van der Waals surface area (Å²) in [5.74, 6) is -0.619. The van der Waals surface area contributed by atoms with Crippen molar-refractivity contribution in [1.29, 1.82) is 0 Å². The van der Waals surface area contributed by atoms with Gasteiger partial charge in [0.2, 0.25) is 5.91 Å². The Balaban J connectivity index is 2.19. The van der Waals surface area contributed by atoms with Crippen LogP contribution in [0, 0.1) is 5.92 Å². The molecule has 1 heterocycles. The monoisotopic (exact) mass is 215 g/mol. The molecule has 86 valence electrons. The molecule has 1 rings (SSSR count). The van der Waals surface area contributed by atoms with E-state index in [1.807, 2.05) is 0 Å². The number of nitrogens with zero attached hydrogens (tertiary/aromatic N) is 1. The van der Waals surface area contributed by atoms with E-state index in [1.165, 1.54) is 11.9 Å². The highest BCUT2D eigenvalue weighted by molar-refractivity contribution is 5.80. The fourth-order valence-electron chi connectivity index (χ4n) is 1.62. The molecule has 0 aromatic heterocycles. The third kappa shape index (κ3) is 4.29. The number of carboxylic acid groups (broad SMARTS) is 1. The quantitative estimate of drug-likeness (QED) is 0.718. The van der Waals surface area contributed by atoms with Crippen molar-refractivity contribution < 1.29 is 19.4 Å². The second-order valence-corrected chi connectivity index (χ2v) is 3.91. The maximum absolute atomic E-state index is 11.5. The second kappa shape index (κ2) is 5.70. The summed E-state index contributed by atoms with van der Waals surface area (Å²) in [5.41, 5.74) is 0. The first-order valence-corrected chi connectivity index (χ1v) is 5.13. The van der Waals surface area contributed by atoms with Gasteiger partial charge in [-0.25, -0.2) is 0 Å². The zero-order valence-electron chi connectivity index (χ0n) is 8.94. The molecule has 0 aliphatic carbocycles. The van der Waals surface area contributed by atoms with Gasteiger partial charge in [0.1, 0.15) is 6.54 Å². The van der Waals surface area contributed by atoms with Crippen molar-refractivity contribution in [1.82, 2.24) is 4.90 Å². The Morgan fingerprint density at radius 2 is 2.27 bits per heavy atom. The average Bonchev–Trinajstić information content (AvgIpc) is 2.65. The average molecular weight is 215 g/mol. The molecule has 15 heavy (non-hydrogen) atoms. The van der Waals surface area contributed by atoms with E-state index < -0.39 is 5.97 Å². The van der Waals surface area contributed by atoms with Gasteiger partial charge in [0, 0.05) is 26.7 Å². The Morgan fingerprint density at radius 1 is 1.53 bits per heavy atom. The van der Waals surface area contributed by atoms with Gasteiger partial charge in [-0.1, -0.05) is 0 Å². The van der Waals surface area contributed by atoms with Crippen LogP contribution in [-0.2, 0) is 14.3 Å². The van der Waals surface area contributed by atoms with Gasteiger partial charge in [-0.3, -0.25) is 9.59 Å². The highest BCUT2D eigenvalue weighted by atomic mass is 16.5. The van der Waals surface area contributed by atoms with Gasteiger partial charge in [0.25, 0.3) is 0 Å². The number of aliphatic carboxylic acids is 1. The van der Waals surface area contributed by atoms with E-state index in [-0.39, 0.29) is 12.5 Å². The molecular weight excluding hydrogens is 198 g/mol. The zero-order valence-corrected chi connectivity index (χ0v) is 8.94. The number of carbonyl (C=O) groups is 2. The van der Waals surface area contributed by atoms with Crippen molar-refractivity contribution in [2.75, 3.05) is 26.8 Å². The molecule has 1 N–H and O–H groups in total. The molecule has 1 amide bonds. The predicted molar refractivity (Wildman–Crippen MR) is 53.4 cm³/mol. The van der Waals surface area contributed by atoms with Crippen LogP contribution in [0.1, 0.15) is 19.3 Å². The van der Waals surface area contributed by atoms with Gasteiger partial charge >= 0.3 is 5.97 Å². The SMILES string of the molecule is CN(CC(=O)O)C(=O)CCC1CCOC1. The van der Waals surface area contributed by atoms with Crippen LogP contribution in [0.3, 0.4) is 0 Å². The van der Waals surface area contributed by atoms with E-state index in [4.69, 9.17) is 9.84 Å². The maximum atomic E-state index is 11.5. The fraction of sp³-hybridized carbons (Fsp3) is 0.800. The molecule has 0 spiro atoms. The third-order valence-corrected chi connectivity index (χ3v) is 2.59. The van der Waals surface area contributed by atoms with Crippen molar-refractivity contribution >= 4 is 11.9 Å². The van der Waals surface area contributed by atoms with Crippen molar-refractivity contribution in [2.24, 2.45) is 5.92 Å². The lowest BCUT2D eigenvalue weighted by Crippen LogP contribution is -2.32. The fourth-order valence-corrected chi connectivity index (χ4v) is 1.62. The molecule has 1 saturated heterocycles. The van der Waals surface area contributed by atoms with Gasteiger partial charge in [0.15, 0.2) is 0 Å². The summed E-state index contributed by atoms with van der Waals surface area (Å²) in [6.45, 7) is 1.29. The molecule has 5 heteroatoms. The van der Waals surface area contributed by atoms with Crippen LogP contribution in [-0.4, -0.2) is 48.7 Å². The molecule has 1 atom stereocenters. The Bertz CT molecular complexity index is 236. The maximum Gasteiger partial charge on any atom is 0.323 e. The number of rotatable bonds is 5. The molecule has 0 aromatic carbocycles. The first kappa shape index (κ1) is 12.0. The van der Waals surface area contributed by atoms with E-state index in [1.54, 1.807) is 0 Å².